The third-order valence-corrected chi connectivity index (χ3v) is 3.36. The van der Waals surface area contributed by atoms with Gasteiger partial charge in [-0.1, -0.05) is 22.9 Å². The van der Waals surface area contributed by atoms with Gasteiger partial charge in [0, 0.05) is 11.0 Å². The Hall–Kier alpha value is -1.37. The Labute approximate surface area is 121 Å². The molecule has 0 bridgehead atoms. The summed E-state index contributed by atoms with van der Waals surface area (Å²) < 4.78 is 39.6. The number of halogens is 4. The molecule has 0 N–H and O–H groups in total. The molecule has 1 heterocycles. The molecule has 20 heavy (non-hydrogen) atoms. The van der Waals surface area contributed by atoms with E-state index >= 15 is 0 Å². The molecular formula is C13H12BrF3N2O. The first-order valence-electron chi connectivity index (χ1n) is 6.07. The second kappa shape index (κ2) is 5.55. The second-order valence-corrected chi connectivity index (χ2v) is 5.33. The van der Waals surface area contributed by atoms with Crippen molar-refractivity contribution in [2.24, 2.45) is 0 Å². The van der Waals surface area contributed by atoms with E-state index < -0.39 is 18.4 Å². The molecule has 1 aromatic carbocycles. The van der Waals surface area contributed by atoms with Crippen LogP contribution in [0.5, 0.6) is 0 Å². The van der Waals surface area contributed by atoms with Crippen LogP contribution in [0.4, 0.5) is 13.2 Å². The van der Waals surface area contributed by atoms with E-state index in [9.17, 15) is 18.0 Å². The summed E-state index contributed by atoms with van der Waals surface area (Å²) in [4.78, 5) is 15.3. The van der Waals surface area contributed by atoms with Crippen molar-refractivity contribution in [1.29, 1.82) is 0 Å². The highest BCUT2D eigenvalue weighted by Crippen LogP contribution is 2.24. The van der Waals surface area contributed by atoms with Crippen molar-refractivity contribution >= 4 is 32.7 Å². The van der Waals surface area contributed by atoms with Crippen molar-refractivity contribution in [3.05, 3.63) is 28.5 Å². The number of alkyl halides is 3. The number of rotatable bonds is 4. The largest absolute Gasteiger partial charge is 0.450 e. The predicted octanol–water partition coefficient (Wildman–Crippen LogP) is 3.88. The van der Waals surface area contributed by atoms with Crippen LogP contribution in [0.1, 0.15) is 19.2 Å². The topological polar surface area (TPSA) is 34.9 Å². The number of nitrogens with zero attached hydrogens (tertiary/aromatic N) is 2. The van der Waals surface area contributed by atoms with Gasteiger partial charge in [0.05, 0.1) is 17.5 Å². The van der Waals surface area contributed by atoms with E-state index in [1.165, 1.54) is 0 Å². The lowest BCUT2D eigenvalue weighted by molar-refractivity contribution is -0.170. The number of Topliss-reactive ketones (excluding diaryl/α,β-unsaturated/α-hetero) is 1. The summed E-state index contributed by atoms with van der Waals surface area (Å²) in [6.07, 6.45) is -4.81. The monoisotopic (exact) mass is 348 g/mol. The van der Waals surface area contributed by atoms with Crippen molar-refractivity contribution in [3.63, 3.8) is 0 Å². The van der Waals surface area contributed by atoms with E-state index in [1.54, 1.807) is 22.8 Å². The highest BCUT2D eigenvalue weighted by molar-refractivity contribution is 9.10. The maximum atomic E-state index is 12.4. The smallest absolute Gasteiger partial charge is 0.328 e. The van der Waals surface area contributed by atoms with Crippen LogP contribution in [0.3, 0.4) is 0 Å². The van der Waals surface area contributed by atoms with Crippen LogP contribution in [-0.2, 0) is 17.8 Å². The Morgan fingerprint density at radius 1 is 1.40 bits per heavy atom. The van der Waals surface area contributed by atoms with Crippen LogP contribution >= 0.6 is 15.9 Å². The first-order chi connectivity index (χ1) is 9.32. The Morgan fingerprint density at radius 2 is 2.10 bits per heavy atom. The first kappa shape index (κ1) is 15.0. The SMILES string of the molecule is CCCn1c(CC(=O)C(F)(F)F)nc2cc(Br)ccc21. The minimum absolute atomic E-state index is 0.155. The van der Waals surface area contributed by atoms with E-state index in [1.807, 2.05) is 6.92 Å². The summed E-state index contributed by atoms with van der Waals surface area (Å²) in [6, 6.07) is 5.30. The standard InChI is InChI=1S/C13H12BrF3N2O/c1-2-5-19-10-4-3-8(14)6-9(10)18-12(19)7-11(20)13(15,16)17/h3-4,6H,2,5,7H2,1H3. The molecule has 0 aliphatic rings. The minimum Gasteiger partial charge on any atom is -0.328 e. The van der Waals surface area contributed by atoms with E-state index in [0.29, 0.717) is 12.1 Å². The quantitative estimate of drug-likeness (QED) is 0.840. The fourth-order valence-electron chi connectivity index (χ4n) is 2.00. The molecule has 0 radical (unpaired) electrons. The number of carbonyl (C=O) groups excluding carboxylic acids is 1. The summed E-state index contributed by atoms with van der Waals surface area (Å²) >= 11 is 3.29. The molecule has 0 saturated carbocycles. The predicted molar refractivity (Wildman–Crippen MR) is 72.5 cm³/mol. The number of benzene rings is 1. The van der Waals surface area contributed by atoms with Gasteiger partial charge in [-0.2, -0.15) is 13.2 Å². The molecule has 1 aromatic heterocycles. The van der Waals surface area contributed by atoms with Gasteiger partial charge in [-0.05, 0) is 24.6 Å². The number of hydrogen-bond donors (Lipinski definition) is 0. The first-order valence-corrected chi connectivity index (χ1v) is 6.87. The number of imidazole rings is 1. The number of carbonyl (C=O) groups is 1. The molecule has 0 unspecified atom stereocenters. The van der Waals surface area contributed by atoms with Gasteiger partial charge in [-0.25, -0.2) is 4.98 Å². The molecule has 108 valence electrons. The molecule has 0 amide bonds. The van der Waals surface area contributed by atoms with E-state index in [4.69, 9.17) is 0 Å². The minimum atomic E-state index is -4.82. The normalized spacial score (nSPS) is 12.1. The summed E-state index contributed by atoms with van der Waals surface area (Å²) in [6.45, 7) is 2.44. The second-order valence-electron chi connectivity index (χ2n) is 4.41. The van der Waals surface area contributed by atoms with Crippen LogP contribution in [0.25, 0.3) is 11.0 Å². The molecule has 0 fully saturated rings. The van der Waals surface area contributed by atoms with E-state index in [0.717, 1.165) is 16.4 Å². The molecule has 0 saturated heterocycles. The fourth-order valence-corrected chi connectivity index (χ4v) is 2.35. The molecule has 2 aromatic rings. The van der Waals surface area contributed by atoms with Gasteiger partial charge in [-0.3, -0.25) is 4.79 Å². The zero-order valence-corrected chi connectivity index (χ0v) is 12.3. The fraction of sp³-hybridized carbons (Fsp3) is 0.385. The van der Waals surface area contributed by atoms with Gasteiger partial charge in [0.15, 0.2) is 0 Å². The number of fused-ring (bicyclic) bond motifs is 1. The van der Waals surface area contributed by atoms with Gasteiger partial charge in [0.25, 0.3) is 0 Å². The van der Waals surface area contributed by atoms with Crippen LogP contribution in [-0.4, -0.2) is 21.5 Å². The van der Waals surface area contributed by atoms with Gasteiger partial charge >= 0.3 is 6.18 Å². The van der Waals surface area contributed by atoms with E-state index in [2.05, 4.69) is 20.9 Å². The number of aryl methyl sites for hydroxylation is 1. The van der Waals surface area contributed by atoms with Gasteiger partial charge in [0.2, 0.25) is 5.78 Å². The summed E-state index contributed by atoms with van der Waals surface area (Å²) in [7, 11) is 0. The van der Waals surface area contributed by atoms with Gasteiger partial charge < -0.3 is 4.57 Å². The molecule has 0 spiro atoms. The Bertz CT molecular complexity index is 649. The van der Waals surface area contributed by atoms with E-state index in [-0.39, 0.29) is 5.82 Å². The average Bonchev–Trinajstić information content (AvgIpc) is 2.66. The lowest BCUT2D eigenvalue weighted by atomic mass is 10.2. The molecule has 0 aliphatic carbocycles. The van der Waals surface area contributed by atoms with Crippen molar-refractivity contribution < 1.29 is 18.0 Å². The Balaban J connectivity index is 2.46. The maximum absolute atomic E-state index is 12.4. The Morgan fingerprint density at radius 3 is 2.70 bits per heavy atom. The number of hydrogen-bond acceptors (Lipinski definition) is 2. The molecule has 2 rings (SSSR count). The molecule has 3 nitrogen and oxygen atoms in total. The highest BCUT2D eigenvalue weighted by atomic mass is 79.9. The average molecular weight is 349 g/mol. The Kier molecular flexibility index (Phi) is 4.17. The van der Waals surface area contributed by atoms with Crippen molar-refractivity contribution in [3.8, 4) is 0 Å². The van der Waals surface area contributed by atoms with Crippen molar-refractivity contribution in [2.75, 3.05) is 0 Å². The molecule has 7 heteroatoms. The summed E-state index contributed by atoms with van der Waals surface area (Å²) in [5.41, 5.74) is 1.32. The van der Waals surface area contributed by atoms with Crippen molar-refractivity contribution in [1.82, 2.24) is 9.55 Å². The highest BCUT2D eigenvalue weighted by Gasteiger charge is 2.38. The number of ketones is 1. The van der Waals surface area contributed by atoms with Crippen LogP contribution in [0, 0.1) is 0 Å². The molecular weight excluding hydrogens is 337 g/mol. The third kappa shape index (κ3) is 3.03. The third-order valence-electron chi connectivity index (χ3n) is 2.87. The van der Waals surface area contributed by atoms with Gasteiger partial charge in [-0.15, -0.1) is 0 Å². The molecule has 0 aliphatic heterocycles. The van der Waals surface area contributed by atoms with Crippen molar-refractivity contribution in [2.45, 2.75) is 32.5 Å². The lowest BCUT2D eigenvalue weighted by Crippen LogP contribution is -2.26. The zero-order chi connectivity index (χ0) is 14.9. The van der Waals surface area contributed by atoms with Gasteiger partial charge in [0.1, 0.15) is 5.82 Å². The summed E-state index contributed by atoms with van der Waals surface area (Å²) in [5, 5.41) is 0. The zero-order valence-electron chi connectivity index (χ0n) is 10.7. The summed E-state index contributed by atoms with van der Waals surface area (Å²) in [5.74, 6) is -1.62. The molecule has 0 atom stereocenters. The van der Waals surface area contributed by atoms with Crippen LogP contribution in [0.2, 0.25) is 0 Å². The van der Waals surface area contributed by atoms with Crippen LogP contribution < -0.4 is 0 Å². The lowest BCUT2D eigenvalue weighted by Gasteiger charge is -2.08. The number of aromatic nitrogens is 2. The maximum Gasteiger partial charge on any atom is 0.450 e. The van der Waals surface area contributed by atoms with Crippen LogP contribution in [0.15, 0.2) is 22.7 Å².